The summed E-state index contributed by atoms with van der Waals surface area (Å²) >= 11 is 5.77. The van der Waals surface area contributed by atoms with Gasteiger partial charge in [0, 0.05) is 22.7 Å². The first kappa shape index (κ1) is 21.2. The Labute approximate surface area is 168 Å². The number of halogens is 1. The average molecular weight is 404 g/mol. The van der Waals surface area contributed by atoms with Crippen LogP contribution in [0.3, 0.4) is 0 Å². The molecule has 3 amide bonds. The molecule has 0 spiro atoms. The molecule has 28 heavy (non-hydrogen) atoms. The van der Waals surface area contributed by atoms with Gasteiger partial charge in [0.05, 0.1) is 0 Å². The number of hydrazine groups is 1. The number of anilines is 1. The van der Waals surface area contributed by atoms with Gasteiger partial charge < -0.3 is 10.1 Å². The summed E-state index contributed by atoms with van der Waals surface area (Å²) < 4.78 is 5.28. The van der Waals surface area contributed by atoms with E-state index < -0.39 is 11.8 Å². The van der Waals surface area contributed by atoms with Crippen molar-refractivity contribution in [2.24, 2.45) is 0 Å². The van der Waals surface area contributed by atoms with Gasteiger partial charge in [0.1, 0.15) is 5.75 Å². The Balaban J connectivity index is 1.75. The minimum absolute atomic E-state index is 0.0630. The van der Waals surface area contributed by atoms with Crippen LogP contribution in [-0.2, 0) is 9.59 Å². The van der Waals surface area contributed by atoms with E-state index in [0.717, 1.165) is 12.8 Å². The Morgan fingerprint density at radius 2 is 1.61 bits per heavy atom. The van der Waals surface area contributed by atoms with Gasteiger partial charge in [-0.3, -0.25) is 25.2 Å². The van der Waals surface area contributed by atoms with E-state index in [2.05, 4.69) is 16.2 Å². The molecule has 2 aromatic carbocycles. The van der Waals surface area contributed by atoms with Crippen LogP contribution in [-0.4, -0.2) is 24.3 Å². The van der Waals surface area contributed by atoms with Crippen LogP contribution >= 0.6 is 11.6 Å². The lowest BCUT2D eigenvalue weighted by Gasteiger charge is -2.09. The molecule has 0 bridgehead atoms. The van der Waals surface area contributed by atoms with Crippen molar-refractivity contribution in [3.8, 4) is 5.75 Å². The van der Waals surface area contributed by atoms with Crippen molar-refractivity contribution in [3.05, 3.63) is 59.1 Å². The first-order valence-corrected chi connectivity index (χ1v) is 9.23. The number of ether oxygens (including phenoxy) is 1. The average Bonchev–Trinajstić information content (AvgIpc) is 2.70. The summed E-state index contributed by atoms with van der Waals surface area (Å²) in [4.78, 5) is 35.5. The van der Waals surface area contributed by atoms with Gasteiger partial charge in [-0.05, 0) is 55.0 Å². The number of carbonyl (C=O) groups is 3. The van der Waals surface area contributed by atoms with E-state index >= 15 is 0 Å². The molecule has 2 aromatic rings. The maximum Gasteiger partial charge on any atom is 0.276 e. The third kappa shape index (κ3) is 7.28. The summed E-state index contributed by atoms with van der Waals surface area (Å²) in [5.74, 6) is -0.568. The zero-order valence-corrected chi connectivity index (χ0v) is 16.2. The first-order valence-electron chi connectivity index (χ1n) is 8.85. The van der Waals surface area contributed by atoms with Crippen LogP contribution < -0.4 is 20.9 Å². The Morgan fingerprint density at radius 3 is 2.25 bits per heavy atom. The van der Waals surface area contributed by atoms with Crippen LogP contribution in [0.15, 0.2) is 48.5 Å². The van der Waals surface area contributed by atoms with Crippen LogP contribution in [0.25, 0.3) is 0 Å². The lowest BCUT2D eigenvalue weighted by Crippen LogP contribution is -2.43. The summed E-state index contributed by atoms with van der Waals surface area (Å²) in [5.41, 5.74) is 5.53. The van der Waals surface area contributed by atoms with Gasteiger partial charge in [0.15, 0.2) is 6.61 Å². The predicted molar refractivity (Wildman–Crippen MR) is 107 cm³/mol. The maximum atomic E-state index is 12.1. The first-order chi connectivity index (χ1) is 13.5. The number of amides is 3. The van der Waals surface area contributed by atoms with E-state index in [0.29, 0.717) is 28.4 Å². The molecule has 0 unspecified atom stereocenters. The van der Waals surface area contributed by atoms with Gasteiger partial charge in [-0.25, -0.2) is 0 Å². The van der Waals surface area contributed by atoms with Crippen molar-refractivity contribution in [1.29, 1.82) is 0 Å². The molecule has 0 aliphatic carbocycles. The van der Waals surface area contributed by atoms with Gasteiger partial charge in [-0.1, -0.05) is 24.9 Å². The van der Waals surface area contributed by atoms with Crippen LogP contribution in [0.1, 0.15) is 36.5 Å². The van der Waals surface area contributed by atoms with Crippen LogP contribution in [0.4, 0.5) is 5.69 Å². The molecular formula is C20H22ClN3O4. The fourth-order valence-corrected chi connectivity index (χ4v) is 2.31. The Kier molecular flexibility index (Phi) is 8.30. The highest BCUT2D eigenvalue weighted by Gasteiger charge is 2.09. The van der Waals surface area contributed by atoms with Gasteiger partial charge in [-0.15, -0.1) is 0 Å². The van der Waals surface area contributed by atoms with E-state index in [1.165, 1.54) is 0 Å². The zero-order valence-electron chi connectivity index (χ0n) is 15.5. The fourth-order valence-electron chi connectivity index (χ4n) is 2.18. The van der Waals surface area contributed by atoms with Crippen LogP contribution in [0.2, 0.25) is 5.02 Å². The molecule has 0 radical (unpaired) electrons. The number of benzene rings is 2. The van der Waals surface area contributed by atoms with Crippen LogP contribution in [0, 0.1) is 0 Å². The lowest BCUT2D eigenvalue weighted by molar-refractivity contribution is -0.123. The summed E-state index contributed by atoms with van der Waals surface area (Å²) in [6.45, 7) is 1.76. The molecule has 0 heterocycles. The topological polar surface area (TPSA) is 96.5 Å². The SMILES string of the molecule is CCCCC(=O)Nc1ccc(C(=O)NNC(=O)COc2ccc(Cl)cc2)cc1. The molecule has 0 aliphatic heterocycles. The second-order valence-corrected chi connectivity index (χ2v) is 6.41. The highest BCUT2D eigenvalue weighted by molar-refractivity contribution is 6.30. The molecule has 8 heteroatoms. The maximum absolute atomic E-state index is 12.1. The van der Waals surface area contributed by atoms with Crippen molar-refractivity contribution < 1.29 is 19.1 Å². The van der Waals surface area contributed by atoms with Gasteiger partial charge in [-0.2, -0.15) is 0 Å². The highest BCUT2D eigenvalue weighted by Crippen LogP contribution is 2.15. The molecule has 2 rings (SSSR count). The summed E-state index contributed by atoms with van der Waals surface area (Å²) in [7, 11) is 0. The number of hydrogen-bond donors (Lipinski definition) is 3. The summed E-state index contributed by atoms with van der Waals surface area (Å²) in [5, 5.41) is 3.33. The van der Waals surface area contributed by atoms with Gasteiger partial charge in [0.25, 0.3) is 11.8 Å². The standard InChI is InChI=1S/C20H22ClN3O4/c1-2-3-4-18(25)22-16-9-5-14(6-10-16)20(27)24-23-19(26)13-28-17-11-7-15(21)8-12-17/h5-12H,2-4,13H2,1H3,(H,22,25)(H,23,26)(H,24,27). The summed E-state index contributed by atoms with van der Waals surface area (Å²) in [6.07, 6.45) is 2.24. The molecule has 0 aromatic heterocycles. The molecule has 0 atom stereocenters. The second-order valence-electron chi connectivity index (χ2n) is 5.97. The smallest absolute Gasteiger partial charge is 0.276 e. The Morgan fingerprint density at radius 1 is 0.929 bits per heavy atom. The van der Waals surface area contributed by atoms with E-state index in [9.17, 15) is 14.4 Å². The fraction of sp³-hybridized carbons (Fsp3) is 0.250. The van der Waals surface area contributed by atoms with E-state index in [1.807, 2.05) is 6.92 Å². The third-order valence-electron chi connectivity index (χ3n) is 3.69. The Bertz CT molecular complexity index is 807. The minimum atomic E-state index is -0.511. The highest BCUT2D eigenvalue weighted by atomic mass is 35.5. The van der Waals surface area contributed by atoms with Gasteiger partial charge in [0.2, 0.25) is 5.91 Å². The number of hydrogen-bond acceptors (Lipinski definition) is 4. The number of unbranched alkanes of at least 4 members (excludes halogenated alkanes) is 1. The molecule has 3 N–H and O–H groups in total. The van der Waals surface area contributed by atoms with Crippen LogP contribution in [0.5, 0.6) is 5.75 Å². The normalized spacial score (nSPS) is 10.1. The van der Waals surface area contributed by atoms with Crippen molar-refractivity contribution >= 4 is 35.0 Å². The monoisotopic (exact) mass is 403 g/mol. The number of rotatable bonds is 8. The Hall–Kier alpha value is -3.06. The molecule has 0 fully saturated rings. The largest absolute Gasteiger partial charge is 0.484 e. The zero-order chi connectivity index (χ0) is 20.4. The molecule has 7 nitrogen and oxygen atoms in total. The number of carbonyl (C=O) groups excluding carboxylic acids is 3. The van der Waals surface area contributed by atoms with Gasteiger partial charge >= 0.3 is 0 Å². The molecule has 0 saturated carbocycles. The molecule has 0 aliphatic rings. The quantitative estimate of drug-likeness (QED) is 0.589. The lowest BCUT2D eigenvalue weighted by atomic mass is 10.2. The van der Waals surface area contributed by atoms with Crippen molar-refractivity contribution in [2.45, 2.75) is 26.2 Å². The molecule has 0 saturated heterocycles. The molecular weight excluding hydrogens is 382 g/mol. The predicted octanol–water partition coefficient (Wildman–Crippen LogP) is 3.31. The van der Waals surface area contributed by atoms with Crippen molar-refractivity contribution in [3.63, 3.8) is 0 Å². The van der Waals surface area contributed by atoms with Crippen molar-refractivity contribution in [1.82, 2.24) is 10.9 Å². The molecule has 148 valence electrons. The minimum Gasteiger partial charge on any atom is -0.484 e. The summed E-state index contributed by atoms with van der Waals surface area (Å²) in [6, 6.07) is 12.9. The van der Waals surface area contributed by atoms with E-state index in [4.69, 9.17) is 16.3 Å². The van der Waals surface area contributed by atoms with E-state index in [1.54, 1.807) is 48.5 Å². The number of nitrogens with one attached hydrogen (secondary N) is 3. The van der Waals surface area contributed by atoms with E-state index in [-0.39, 0.29) is 12.5 Å². The second kappa shape index (κ2) is 10.9. The van der Waals surface area contributed by atoms with Crippen molar-refractivity contribution in [2.75, 3.05) is 11.9 Å². The third-order valence-corrected chi connectivity index (χ3v) is 3.94.